The fraction of sp³-hybridized carbons (Fsp3) is 0.0312. The fourth-order valence-corrected chi connectivity index (χ4v) is 9.39. The van der Waals surface area contributed by atoms with E-state index in [0.29, 0.717) is 0 Å². The van der Waals surface area contributed by atoms with Crippen LogP contribution in [-0.4, -0.2) is 0 Å². The van der Waals surface area contributed by atoms with Crippen molar-refractivity contribution in [1.82, 2.24) is 0 Å². The maximum Gasteiger partial charge on any atom is 0.0563 e. The largest absolute Gasteiger partial charge is 0.334 e. The van der Waals surface area contributed by atoms with E-state index in [9.17, 15) is 0 Å². The van der Waals surface area contributed by atoms with Gasteiger partial charge in [0.2, 0.25) is 0 Å². The topological polar surface area (TPSA) is 3.24 Å². The maximum absolute atomic E-state index is 2.54. The van der Waals surface area contributed by atoms with E-state index in [1.807, 2.05) is 0 Å². The average molecular weight is 830 g/mol. The second-order valence-electron chi connectivity index (χ2n) is 17.0. The van der Waals surface area contributed by atoms with E-state index in [1.54, 1.807) is 0 Å². The van der Waals surface area contributed by atoms with Gasteiger partial charge in [0.25, 0.3) is 0 Å². The van der Waals surface area contributed by atoms with Crippen molar-refractivity contribution in [3.05, 3.63) is 266 Å². The van der Waals surface area contributed by atoms with Crippen molar-refractivity contribution in [1.29, 1.82) is 0 Å². The number of benzene rings is 11. The van der Waals surface area contributed by atoms with Gasteiger partial charge in [-0.2, -0.15) is 0 Å². The summed E-state index contributed by atoms with van der Waals surface area (Å²) >= 11 is 0. The molecule has 11 rings (SSSR count). The molecule has 0 amide bonds. The Morgan fingerprint density at radius 2 is 0.631 bits per heavy atom. The lowest BCUT2D eigenvalue weighted by Gasteiger charge is -2.34. The summed E-state index contributed by atoms with van der Waals surface area (Å²) in [5, 5.41) is 4.93. The first-order valence-electron chi connectivity index (χ1n) is 22.5. The molecule has 308 valence electrons. The first-order valence-corrected chi connectivity index (χ1v) is 22.5. The molecule has 0 N–H and O–H groups in total. The van der Waals surface area contributed by atoms with E-state index in [-0.39, 0.29) is 6.04 Å². The Balaban J connectivity index is 1.06. The quantitative estimate of drug-likeness (QED) is 0.133. The molecule has 1 atom stereocenters. The number of nitrogens with zero attached hydrogens (tertiary/aromatic N) is 1. The third-order valence-electron chi connectivity index (χ3n) is 12.9. The van der Waals surface area contributed by atoms with Crippen molar-refractivity contribution < 1.29 is 0 Å². The van der Waals surface area contributed by atoms with Crippen LogP contribution in [0.15, 0.2) is 261 Å². The van der Waals surface area contributed by atoms with Crippen LogP contribution in [0.2, 0.25) is 0 Å². The van der Waals surface area contributed by atoms with Crippen LogP contribution in [0.1, 0.15) is 18.5 Å². The van der Waals surface area contributed by atoms with Crippen LogP contribution in [0.4, 0.5) is 11.4 Å². The Hall–Kier alpha value is -8.26. The molecule has 1 heteroatoms. The summed E-state index contributed by atoms with van der Waals surface area (Å²) in [7, 11) is 0. The van der Waals surface area contributed by atoms with Gasteiger partial charge in [0, 0.05) is 11.3 Å². The van der Waals surface area contributed by atoms with Crippen molar-refractivity contribution in [3.63, 3.8) is 0 Å². The van der Waals surface area contributed by atoms with Crippen molar-refractivity contribution >= 4 is 32.9 Å². The van der Waals surface area contributed by atoms with Gasteiger partial charge >= 0.3 is 0 Å². The Kier molecular flexibility index (Phi) is 10.6. The molecule has 0 radical (unpaired) electrons. The second kappa shape index (κ2) is 17.5. The predicted molar refractivity (Wildman–Crippen MR) is 278 cm³/mol. The molecule has 0 bridgehead atoms. The molecule has 0 aromatic heterocycles. The van der Waals surface area contributed by atoms with Crippen LogP contribution in [0.3, 0.4) is 0 Å². The Bertz CT molecular complexity index is 3350. The van der Waals surface area contributed by atoms with Crippen molar-refractivity contribution in [2.45, 2.75) is 13.0 Å². The van der Waals surface area contributed by atoms with Gasteiger partial charge in [-0.05, 0) is 144 Å². The van der Waals surface area contributed by atoms with E-state index in [2.05, 4.69) is 273 Å². The summed E-state index contributed by atoms with van der Waals surface area (Å²) in [4.78, 5) is 2.54. The smallest absolute Gasteiger partial charge is 0.0563 e. The standard InChI is InChI=1S/C64H47N/c1-45(46-25-27-53(28-26-46)61-42-59(48-17-7-3-8-18-48)41-60(43-61)49-19-9-4-10-20-49)65(62-36-33-52(34-37-62)47-15-5-2-6-16-47)64-44-57(56-31-29-50-21-11-13-23-54(50)39-56)35-38-63(64)58-32-30-51-22-12-14-24-55(51)40-58/h2-45H,1H3/t45-/m1/s1. The van der Waals surface area contributed by atoms with Gasteiger partial charge in [-0.1, -0.05) is 212 Å². The maximum atomic E-state index is 2.54. The highest BCUT2D eigenvalue weighted by Crippen LogP contribution is 2.45. The van der Waals surface area contributed by atoms with Crippen molar-refractivity contribution in [2.24, 2.45) is 0 Å². The zero-order valence-electron chi connectivity index (χ0n) is 36.4. The Morgan fingerprint density at radius 3 is 1.17 bits per heavy atom. The summed E-state index contributed by atoms with van der Waals surface area (Å²) in [5.41, 5.74) is 17.8. The van der Waals surface area contributed by atoms with Gasteiger partial charge in [-0.25, -0.2) is 0 Å². The molecule has 0 spiro atoms. The monoisotopic (exact) mass is 829 g/mol. The molecule has 0 aliphatic heterocycles. The zero-order chi connectivity index (χ0) is 43.5. The minimum atomic E-state index is -0.0341. The molecule has 0 saturated carbocycles. The van der Waals surface area contributed by atoms with E-state index >= 15 is 0 Å². The molecule has 11 aromatic carbocycles. The van der Waals surface area contributed by atoms with Crippen LogP contribution in [-0.2, 0) is 0 Å². The summed E-state index contributed by atoms with van der Waals surface area (Å²) in [6, 6.07) is 95.3. The number of rotatable bonds is 10. The third-order valence-corrected chi connectivity index (χ3v) is 12.9. The number of hydrogen-bond acceptors (Lipinski definition) is 1. The van der Waals surface area contributed by atoms with Crippen LogP contribution in [0.25, 0.3) is 88.3 Å². The van der Waals surface area contributed by atoms with Gasteiger partial charge in [0.1, 0.15) is 0 Å². The Labute approximate surface area is 382 Å². The molecule has 0 unspecified atom stereocenters. The number of fused-ring (bicyclic) bond motifs is 2. The molecular formula is C64H47N. The van der Waals surface area contributed by atoms with Gasteiger partial charge in [0.05, 0.1) is 11.7 Å². The van der Waals surface area contributed by atoms with E-state index in [0.717, 1.165) is 11.4 Å². The highest BCUT2D eigenvalue weighted by molar-refractivity contribution is 5.94. The number of hydrogen-bond donors (Lipinski definition) is 0. The lowest BCUT2D eigenvalue weighted by atomic mass is 9.92. The third kappa shape index (κ3) is 8.13. The predicted octanol–water partition coefficient (Wildman–Crippen LogP) is 17.9. The van der Waals surface area contributed by atoms with Gasteiger partial charge in [-0.3, -0.25) is 0 Å². The molecule has 0 aliphatic carbocycles. The minimum absolute atomic E-state index is 0.0341. The van der Waals surface area contributed by atoms with Gasteiger partial charge in [-0.15, -0.1) is 0 Å². The van der Waals surface area contributed by atoms with Gasteiger partial charge < -0.3 is 4.90 Å². The minimum Gasteiger partial charge on any atom is -0.334 e. The molecule has 65 heavy (non-hydrogen) atoms. The summed E-state index contributed by atoms with van der Waals surface area (Å²) in [5.74, 6) is 0. The average Bonchev–Trinajstić information content (AvgIpc) is 3.39. The fourth-order valence-electron chi connectivity index (χ4n) is 9.39. The van der Waals surface area contributed by atoms with Crippen LogP contribution < -0.4 is 4.90 Å². The van der Waals surface area contributed by atoms with Crippen LogP contribution in [0.5, 0.6) is 0 Å². The Morgan fingerprint density at radius 1 is 0.262 bits per heavy atom. The highest BCUT2D eigenvalue weighted by Gasteiger charge is 2.24. The second-order valence-corrected chi connectivity index (χ2v) is 17.0. The lowest BCUT2D eigenvalue weighted by molar-refractivity contribution is 0.775. The van der Waals surface area contributed by atoms with E-state index in [1.165, 1.54) is 93.9 Å². The zero-order valence-corrected chi connectivity index (χ0v) is 36.4. The molecule has 1 nitrogen and oxygen atoms in total. The van der Waals surface area contributed by atoms with Gasteiger partial charge in [0.15, 0.2) is 0 Å². The first kappa shape index (κ1) is 39.6. The van der Waals surface area contributed by atoms with E-state index < -0.39 is 0 Å². The summed E-state index contributed by atoms with van der Waals surface area (Å²) in [6.07, 6.45) is 0. The van der Waals surface area contributed by atoms with E-state index in [4.69, 9.17) is 0 Å². The number of anilines is 2. The normalized spacial score (nSPS) is 11.7. The molecule has 0 fully saturated rings. The first-order chi connectivity index (χ1) is 32.1. The van der Waals surface area contributed by atoms with Crippen molar-refractivity contribution in [2.75, 3.05) is 4.90 Å². The summed E-state index contributed by atoms with van der Waals surface area (Å²) < 4.78 is 0. The molecule has 11 aromatic rings. The van der Waals surface area contributed by atoms with Crippen molar-refractivity contribution in [3.8, 4) is 66.8 Å². The van der Waals surface area contributed by atoms with Crippen LogP contribution in [0, 0.1) is 0 Å². The molecule has 0 saturated heterocycles. The lowest BCUT2D eigenvalue weighted by Crippen LogP contribution is -2.22. The molecular weight excluding hydrogens is 783 g/mol. The highest BCUT2D eigenvalue weighted by atomic mass is 15.2. The molecule has 0 heterocycles. The van der Waals surface area contributed by atoms with Crippen LogP contribution >= 0.6 is 0 Å². The SMILES string of the molecule is C[C@H](c1ccc(-c2cc(-c3ccccc3)cc(-c3ccccc3)c2)cc1)N(c1ccc(-c2ccccc2)cc1)c1cc(-c2ccc3ccccc3c2)ccc1-c1ccc2ccccc2c1. The molecule has 0 aliphatic rings. The summed E-state index contributed by atoms with van der Waals surface area (Å²) in [6.45, 7) is 2.34.